The first kappa shape index (κ1) is 34.9. The molecule has 0 unspecified atom stereocenters. The van der Waals surface area contributed by atoms with Crippen LogP contribution in [0.5, 0.6) is 0 Å². The minimum atomic E-state index is -8.85. The van der Waals surface area contributed by atoms with Crippen molar-refractivity contribution in [1.29, 1.82) is 0 Å². The van der Waals surface area contributed by atoms with Crippen LogP contribution in [-0.4, -0.2) is 59.2 Å². The Morgan fingerprint density at radius 3 is 1.11 bits per heavy atom. The van der Waals surface area contributed by atoms with Crippen molar-refractivity contribution >= 4 is 5.97 Å². The Morgan fingerprint density at radius 2 is 0.838 bits per heavy atom. The fourth-order valence-corrected chi connectivity index (χ4v) is 2.09. The van der Waals surface area contributed by atoms with Gasteiger partial charge < -0.3 is 4.74 Å². The molecule has 0 aliphatic carbocycles. The molecule has 0 N–H and O–H groups in total. The van der Waals surface area contributed by atoms with Crippen LogP contribution >= 0.6 is 0 Å². The molecule has 0 radical (unpaired) electrons. The van der Waals surface area contributed by atoms with Crippen LogP contribution in [0.2, 0.25) is 0 Å². The highest BCUT2D eigenvalue weighted by molar-refractivity contribution is 5.89. The molecule has 0 saturated carbocycles. The van der Waals surface area contributed by atoms with Crippen LogP contribution in [0.3, 0.4) is 0 Å². The number of alkyl halides is 17. The lowest BCUT2D eigenvalue weighted by atomic mass is 9.87. The number of ether oxygens (including phenoxy) is 1. The first-order valence-electron chi connectivity index (χ1n) is 8.66. The van der Waals surface area contributed by atoms with Gasteiger partial charge in [-0.1, -0.05) is 0 Å². The summed E-state index contributed by atoms with van der Waals surface area (Å²) < 4.78 is 254. The molecule has 2 nitrogen and oxygen atoms in total. The summed E-state index contributed by atoms with van der Waals surface area (Å²) in [6, 6.07) is 0. The van der Waals surface area contributed by atoms with Gasteiger partial charge in [0.2, 0.25) is 0 Å². The third kappa shape index (κ3) is 5.53. The summed E-state index contributed by atoms with van der Waals surface area (Å²) in [5.74, 6) is -61.4. The number of halogens is 19. The van der Waals surface area contributed by atoms with E-state index in [1.54, 1.807) is 0 Å². The van der Waals surface area contributed by atoms with Gasteiger partial charge in [0.05, 0.1) is 6.42 Å². The summed E-state index contributed by atoms with van der Waals surface area (Å²) >= 11 is 0. The Bertz CT molecular complexity index is 887. The largest absolute Gasteiger partial charge is 0.460 e. The summed E-state index contributed by atoms with van der Waals surface area (Å²) in [5, 5.41) is 0. The highest BCUT2D eigenvalue weighted by Gasteiger charge is 2.95. The molecule has 0 aromatic rings. The van der Waals surface area contributed by atoms with Crippen molar-refractivity contribution in [2.24, 2.45) is 0 Å². The normalized spacial score (nSPS) is 15.5. The molecule has 0 spiro atoms. The molecule has 0 heterocycles. The van der Waals surface area contributed by atoms with E-state index in [0.29, 0.717) is 0 Å². The third-order valence-electron chi connectivity index (χ3n) is 4.06. The fourth-order valence-electron chi connectivity index (χ4n) is 2.09. The minimum Gasteiger partial charge on any atom is -0.456 e. The summed E-state index contributed by atoms with van der Waals surface area (Å²) in [6.45, 7) is 2.54. The van der Waals surface area contributed by atoms with Crippen molar-refractivity contribution in [2.45, 2.75) is 80.4 Å². The zero-order valence-electron chi connectivity index (χ0n) is 17.7. The van der Waals surface area contributed by atoms with Crippen LogP contribution in [0.15, 0.2) is 11.7 Å². The van der Waals surface area contributed by atoms with Gasteiger partial charge in [-0.3, -0.25) is 0 Å². The van der Waals surface area contributed by atoms with Crippen LogP contribution < -0.4 is 0 Å². The Labute approximate surface area is 192 Å². The van der Waals surface area contributed by atoms with Gasteiger partial charge in [0.1, 0.15) is 11.2 Å². The molecule has 0 aromatic carbocycles. The first-order valence-corrected chi connectivity index (χ1v) is 8.66. The van der Waals surface area contributed by atoms with Crippen molar-refractivity contribution in [3.05, 3.63) is 11.7 Å². The Balaban J connectivity index is 6.81. The van der Waals surface area contributed by atoms with E-state index in [9.17, 15) is 88.2 Å². The summed E-state index contributed by atoms with van der Waals surface area (Å²) in [7, 11) is 0. The van der Waals surface area contributed by atoms with Gasteiger partial charge >= 0.3 is 53.6 Å². The van der Waals surface area contributed by atoms with Crippen molar-refractivity contribution in [3.8, 4) is 0 Å². The number of hydrogen-bond donors (Lipinski definition) is 0. The summed E-state index contributed by atoms with van der Waals surface area (Å²) in [6.07, 6.45) is -15.3. The molecule has 0 fully saturated rings. The number of carbonyl (C=O) groups excluding carboxylic acids is 1. The number of carbonyl (C=O) groups is 1. The zero-order valence-corrected chi connectivity index (χ0v) is 17.7. The van der Waals surface area contributed by atoms with E-state index in [1.165, 1.54) is 0 Å². The monoisotopic (exact) mass is 596 g/mol. The Morgan fingerprint density at radius 1 is 0.541 bits per heavy atom. The van der Waals surface area contributed by atoms with Crippen LogP contribution in [0, 0.1) is 0 Å². The molecular weight excluding hydrogens is 585 g/mol. The lowest BCUT2D eigenvalue weighted by molar-refractivity contribution is -0.461. The Kier molecular flexibility index (Phi) is 8.73. The topological polar surface area (TPSA) is 26.3 Å². The van der Waals surface area contributed by atoms with Crippen LogP contribution in [-0.2, 0) is 9.53 Å². The summed E-state index contributed by atoms with van der Waals surface area (Å²) in [5.41, 5.74) is -4.82. The average molecular weight is 596 g/mol. The second-order valence-electron chi connectivity index (χ2n) is 8.07. The second-order valence-corrected chi connectivity index (χ2v) is 8.07. The van der Waals surface area contributed by atoms with Crippen molar-refractivity contribution in [3.63, 3.8) is 0 Å². The summed E-state index contributed by atoms with van der Waals surface area (Å²) in [4.78, 5) is 11.5. The van der Waals surface area contributed by atoms with E-state index in [2.05, 4.69) is 4.74 Å². The van der Waals surface area contributed by atoms with Crippen LogP contribution in [0.4, 0.5) is 83.4 Å². The SMILES string of the molecule is CC(C)(C)OC(=O)C(CC(F)(F)C(F)(F)C(F)(F)C(F)(F)C(F)(F)C(F)(F)C(F)(F)C(F)(F)F)=C(F)F. The van der Waals surface area contributed by atoms with Gasteiger partial charge in [-0.25, -0.2) is 4.79 Å². The number of rotatable bonds is 9. The lowest BCUT2D eigenvalue weighted by Crippen LogP contribution is -2.74. The fraction of sp³-hybridized carbons (Fsp3) is 0.812. The molecule has 37 heavy (non-hydrogen) atoms. The Hall–Kier alpha value is -2.12. The van der Waals surface area contributed by atoms with E-state index in [1.807, 2.05) is 0 Å². The molecule has 0 aliphatic rings. The van der Waals surface area contributed by atoms with Crippen molar-refractivity contribution in [2.75, 3.05) is 0 Å². The number of hydrogen-bond acceptors (Lipinski definition) is 2. The van der Waals surface area contributed by atoms with Crippen molar-refractivity contribution in [1.82, 2.24) is 0 Å². The average Bonchev–Trinajstić information content (AvgIpc) is 2.62. The third-order valence-corrected chi connectivity index (χ3v) is 4.06. The van der Waals surface area contributed by atoms with E-state index >= 15 is 0 Å². The minimum absolute atomic E-state index is 0.846. The van der Waals surface area contributed by atoms with Gasteiger partial charge in [0.25, 0.3) is 6.08 Å². The first-order chi connectivity index (χ1) is 15.7. The quantitative estimate of drug-likeness (QED) is 0.154. The highest BCUT2D eigenvalue weighted by Crippen LogP contribution is 2.64. The van der Waals surface area contributed by atoms with Crippen LogP contribution in [0.1, 0.15) is 27.2 Å². The molecule has 0 aliphatic heterocycles. The van der Waals surface area contributed by atoms with Gasteiger partial charge in [-0.2, -0.15) is 83.4 Å². The number of esters is 1. The van der Waals surface area contributed by atoms with Gasteiger partial charge in [0, 0.05) is 0 Å². The highest BCUT2D eigenvalue weighted by atomic mass is 19.4. The maximum atomic E-state index is 13.8. The molecule has 0 bridgehead atoms. The smallest absolute Gasteiger partial charge is 0.456 e. The molecule has 21 heteroatoms. The van der Waals surface area contributed by atoms with E-state index in [0.717, 1.165) is 20.8 Å². The molecule has 220 valence electrons. The van der Waals surface area contributed by atoms with Crippen molar-refractivity contribution < 1.29 is 92.9 Å². The van der Waals surface area contributed by atoms with E-state index in [-0.39, 0.29) is 0 Å². The predicted molar refractivity (Wildman–Crippen MR) is 80.4 cm³/mol. The molecule has 0 rings (SSSR count). The predicted octanol–water partition coefficient (Wildman–Crippen LogP) is 7.88. The van der Waals surface area contributed by atoms with Gasteiger partial charge in [0.15, 0.2) is 0 Å². The zero-order chi connectivity index (χ0) is 30.6. The van der Waals surface area contributed by atoms with Crippen LogP contribution in [0.25, 0.3) is 0 Å². The maximum absolute atomic E-state index is 13.8. The van der Waals surface area contributed by atoms with Gasteiger partial charge in [-0.15, -0.1) is 0 Å². The standard InChI is InChI=1S/C16H11F19O2/c1-8(2,3)37-7(36)5(6(17)18)4-9(19,20)10(21,22)11(23,24)12(25,26)13(27,28)14(29,30)15(31,32)16(33,34)35/h4H2,1-3H3. The molecule has 0 saturated heterocycles. The van der Waals surface area contributed by atoms with Gasteiger partial charge in [-0.05, 0) is 20.8 Å². The lowest BCUT2D eigenvalue weighted by Gasteiger charge is -2.42. The van der Waals surface area contributed by atoms with E-state index in [4.69, 9.17) is 0 Å². The second kappa shape index (κ2) is 9.26. The molecule has 0 atom stereocenters. The molecule has 0 amide bonds. The molecular formula is C16H11F19O2. The molecule has 0 aromatic heterocycles. The van der Waals surface area contributed by atoms with E-state index < -0.39 is 77.3 Å². The maximum Gasteiger partial charge on any atom is 0.460 e.